The van der Waals surface area contributed by atoms with E-state index in [0.717, 1.165) is 24.1 Å². The van der Waals surface area contributed by atoms with Gasteiger partial charge < -0.3 is 15.0 Å². The van der Waals surface area contributed by atoms with Gasteiger partial charge in [-0.3, -0.25) is 4.68 Å². The van der Waals surface area contributed by atoms with Crippen molar-refractivity contribution in [2.24, 2.45) is 0 Å². The van der Waals surface area contributed by atoms with Gasteiger partial charge in [0.05, 0.1) is 36.6 Å². The first-order valence-electron chi connectivity index (χ1n) is 7.92. The Morgan fingerprint density at radius 3 is 2.87 bits per heavy atom. The third-order valence-corrected chi connectivity index (χ3v) is 4.10. The van der Waals surface area contributed by atoms with E-state index in [0.29, 0.717) is 13.1 Å². The molecule has 0 bridgehead atoms. The van der Waals surface area contributed by atoms with Crippen LogP contribution in [0.25, 0.3) is 11.0 Å². The summed E-state index contributed by atoms with van der Waals surface area (Å²) in [5.41, 5.74) is 4.53. The molecule has 0 aliphatic heterocycles. The van der Waals surface area contributed by atoms with Gasteiger partial charge in [0, 0.05) is 25.5 Å². The van der Waals surface area contributed by atoms with E-state index >= 15 is 0 Å². The van der Waals surface area contributed by atoms with Gasteiger partial charge in [-0.2, -0.15) is 5.10 Å². The summed E-state index contributed by atoms with van der Waals surface area (Å²) < 4.78 is 3.88. The molecule has 0 radical (unpaired) electrons. The molecule has 122 valence electrons. The fraction of sp³-hybridized carbons (Fsp3) is 0.412. The van der Waals surface area contributed by atoms with Crippen LogP contribution in [0.5, 0.6) is 0 Å². The molecule has 0 amide bonds. The van der Waals surface area contributed by atoms with Crippen LogP contribution in [-0.2, 0) is 13.1 Å². The Morgan fingerprint density at radius 2 is 2.09 bits per heavy atom. The third-order valence-electron chi connectivity index (χ3n) is 4.10. The number of imidazole rings is 1. The molecule has 2 N–H and O–H groups in total. The smallest absolute Gasteiger partial charge is 0.0959 e. The highest BCUT2D eigenvalue weighted by Crippen LogP contribution is 2.18. The average molecular weight is 313 g/mol. The van der Waals surface area contributed by atoms with Gasteiger partial charge in [-0.05, 0) is 43.2 Å². The van der Waals surface area contributed by atoms with Crippen LogP contribution < -0.4 is 5.32 Å². The molecular formula is C17H23N5O. The maximum atomic E-state index is 10.2. The van der Waals surface area contributed by atoms with Gasteiger partial charge in [-0.25, -0.2) is 4.98 Å². The molecule has 1 atom stereocenters. The summed E-state index contributed by atoms with van der Waals surface area (Å²) >= 11 is 0. The largest absolute Gasteiger partial charge is 0.390 e. The molecule has 0 fully saturated rings. The second kappa shape index (κ2) is 6.93. The zero-order valence-electron chi connectivity index (χ0n) is 13.6. The minimum Gasteiger partial charge on any atom is -0.390 e. The summed E-state index contributed by atoms with van der Waals surface area (Å²) in [5, 5.41) is 17.6. The van der Waals surface area contributed by atoms with Gasteiger partial charge in [0.15, 0.2) is 0 Å². The Kier molecular flexibility index (Phi) is 4.73. The lowest BCUT2D eigenvalue weighted by molar-refractivity contribution is 0.152. The highest BCUT2D eigenvalue weighted by atomic mass is 16.3. The second-order valence-corrected chi connectivity index (χ2v) is 5.95. The van der Waals surface area contributed by atoms with Crippen molar-refractivity contribution in [2.45, 2.75) is 33.0 Å². The number of nitrogens with zero attached hydrogens (tertiary/aromatic N) is 4. The third kappa shape index (κ3) is 3.78. The molecular weight excluding hydrogens is 290 g/mol. The molecule has 23 heavy (non-hydrogen) atoms. The van der Waals surface area contributed by atoms with Gasteiger partial charge in [0.1, 0.15) is 0 Å². The van der Waals surface area contributed by atoms with Gasteiger partial charge in [0.25, 0.3) is 0 Å². The van der Waals surface area contributed by atoms with E-state index in [-0.39, 0.29) is 0 Å². The van der Waals surface area contributed by atoms with E-state index in [9.17, 15) is 5.11 Å². The lowest BCUT2D eigenvalue weighted by Crippen LogP contribution is -2.32. The van der Waals surface area contributed by atoms with Crippen LogP contribution in [0.4, 0.5) is 0 Å². The molecule has 0 unspecified atom stereocenters. The molecule has 6 nitrogen and oxygen atoms in total. The Bertz CT molecular complexity index is 763. The number of aryl methyl sites for hydroxylation is 2. The maximum absolute atomic E-state index is 10.2. The van der Waals surface area contributed by atoms with Crippen LogP contribution in [0.1, 0.15) is 11.1 Å². The van der Waals surface area contributed by atoms with Crippen molar-refractivity contribution < 1.29 is 5.11 Å². The molecule has 0 aliphatic rings. The van der Waals surface area contributed by atoms with Crippen LogP contribution in [0.15, 0.2) is 36.9 Å². The number of rotatable bonds is 7. The molecule has 0 saturated carbocycles. The van der Waals surface area contributed by atoms with E-state index in [4.69, 9.17) is 0 Å². The number of aliphatic hydroxyl groups is 1. The molecule has 2 aromatic heterocycles. The molecule has 2 heterocycles. The van der Waals surface area contributed by atoms with Crippen LogP contribution in [0.2, 0.25) is 0 Å². The predicted molar refractivity (Wildman–Crippen MR) is 90.3 cm³/mol. The number of aromatic nitrogens is 4. The van der Waals surface area contributed by atoms with E-state index in [2.05, 4.69) is 41.4 Å². The topological polar surface area (TPSA) is 67.9 Å². The molecule has 0 aliphatic carbocycles. The molecule has 1 aromatic carbocycles. The predicted octanol–water partition coefficient (Wildman–Crippen LogP) is 1.50. The fourth-order valence-corrected chi connectivity index (χ4v) is 2.65. The maximum Gasteiger partial charge on any atom is 0.0959 e. The van der Waals surface area contributed by atoms with Crippen molar-refractivity contribution in [3.05, 3.63) is 48.0 Å². The minimum atomic E-state index is -0.452. The quantitative estimate of drug-likeness (QED) is 0.649. The lowest BCUT2D eigenvalue weighted by atomic mass is 10.1. The highest BCUT2D eigenvalue weighted by molar-refractivity contribution is 5.77. The number of hydrogen-bond acceptors (Lipinski definition) is 4. The Labute approximate surface area is 135 Å². The van der Waals surface area contributed by atoms with E-state index in [1.807, 2.05) is 21.5 Å². The molecule has 3 rings (SSSR count). The summed E-state index contributed by atoms with van der Waals surface area (Å²) in [4.78, 5) is 4.42. The van der Waals surface area contributed by atoms with Gasteiger partial charge >= 0.3 is 0 Å². The van der Waals surface area contributed by atoms with Crippen molar-refractivity contribution in [1.82, 2.24) is 24.6 Å². The average Bonchev–Trinajstić information content (AvgIpc) is 3.16. The van der Waals surface area contributed by atoms with Gasteiger partial charge in [-0.1, -0.05) is 0 Å². The SMILES string of the molecule is Cc1cc2ncn(C[C@@H](O)CNCCn3cccn3)c2cc1C. The van der Waals surface area contributed by atoms with Crippen LogP contribution in [-0.4, -0.2) is 43.6 Å². The number of nitrogens with one attached hydrogen (secondary N) is 1. The molecule has 0 saturated heterocycles. The monoisotopic (exact) mass is 313 g/mol. The number of aliphatic hydroxyl groups excluding tert-OH is 1. The summed E-state index contributed by atoms with van der Waals surface area (Å²) in [6.45, 7) is 6.85. The van der Waals surface area contributed by atoms with E-state index in [1.54, 1.807) is 12.5 Å². The van der Waals surface area contributed by atoms with Crippen molar-refractivity contribution >= 4 is 11.0 Å². The molecule has 0 spiro atoms. The van der Waals surface area contributed by atoms with Crippen molar-refractivity contribution in [2.75, 3.05) is 13.1 Å². The van der Waals surface area contributed by atoms with Crippen LogP contribution >= 0.6 is 0 Å². The van der Waals surface area contributed by atoms with Crippen LogP contribution in [0.3, 0.4) is 0 Å². The Balaban J connectivity index is 1.53. The summed E-state index contributed by atoms with van der Waals surface area (Å²) in [5.74, 6) is 0. The zero-order valence-corrected chi connectivity index (χ0v) is 13.6. The first kappa shape index (κ1) is 15.7. The fourth-order valence-electron chi connectivity index (χ4n) is 2.65. The second-order valence-electron chi connectivity index (χ2n) is 5.95. The highest BCUT2D eigenvalue weighted by Gasteiger charge is 2.09. The van der Waals surface area contributed by atoms with Crippen molar-refractivity contribution in [1.29, 1.82) is 0 Å². The summed E-state index contributed by atoms with van der Waals surface area (Å²) in [6.07, 6.45) is 5.05. The molecule has 6 heteroatoms. The van der Waals surface area contributed by atoms with Crippen LogP contribution in [0, 0.1) is 13.8 Å². The number of hydrogen-bond donors (Lipinski definition) is 2. The molecule has 3 aromatic rings. The number of fused-ring (bicyclic) bond motifs is 1. The zero-order chi connectivity index (χ0) is 16.2. The summed E-state index contributed by atoms with van der Waals surface area (Å²) in [6, 6.07) is 6.13. The lowest BCUT2D eigenvalue weighted by Gasteiger charge is -2.13. The van der Waals surface area contributed by atoms with Gasteiger partial charge in [-0.15, -0.1) is 0 Å². The Morgan fingerprint density at radius 1 is 1.26 bits per heavy atom. The van der Waals surface area contributed by atoms with E-state index < -0.39 is 6.10 Å². The number of benzene rings is 1. The van der Waals surface area contributed by atoms with E-state index in [1.165, 1.54) is 11.1 Å². The Hall–Kier alpha value is -2.18. The summed E-state index contributed by atoms with van der Waals surface area (Å²) in [7, 11) is 0. The van der Waals surface area contributed by atoms with Crippen molar-refractivity contribution in [3.63, 3.8) is 0 Å². The minimum absolute atomic E-state index is 0.452. The first-order valence-corrected chi connectivity index (χ1v) is 7.92. The van der Waals surface area contributed by atoms with Gasteiger partial charge in [0.2, 0.25) is 0 Å². The van der Waals surface area contributed by atoms with Crippen molar-refractivity contribution in [3.8, 4) is 0 Å². The first-order chi connectivity index (χ1) is 11.1. The standard InChI is InChI=1S/C17H23N5O/c1-13-8-16-17(9-14(13)2)21(12-19-16)11-15(23)10-18-5-7-22-6-3-4-20-22/h3-4,6,8-9,12,15,18,23H,5,7,10-11H2,1-2H3/t15-/m0/s1. The normalized spacial score (nSPS) is 12.8.